The number of rotatable bonds is 6. The third kappa shape index (κ3) is 5.60. The van der Waals surface area contributed by atoms with Gasteiger partial charge in [0, 0.05) is 11.6 Å². The van der Waals surface area contributed by atoms with Crippen molar-refractivity contribution in [1.82, 2.24) is 4.72 Å². The highest BCUT2D eigenvalue weighted by atomic mass is 32.2. The Morgan fingerprint density at radius 1 is 1.06 bits per heavy atom. The number of sulfonamides is 1. The van der Waals surface area contributed by atoms with Crippen LogP contribution in [-0.2, 0) is 33.6 Å². The molecule has 2 aromatic rings. The van der Waals surface area contributed by atoms with Crippen LogP contribution in [-0.4, -0.2) is 26.1 Å². The van der Waals surface area contributed by atoms with Crippen molar-refractivity contribution in [3.8, 4) is 5.75 Å². The van der Waals surface area contributed by atoms with Gasteiger partial charge in [-0.3, -0.25) is 0 Å². The van der Waals surface area contributed by atoms with Crippen LogP contribution in [0, 0.1) is 5.82 Å². The Bertz CT molecular complexity index is 1180. The maximum absolute atomic E-state index is 14.2. The maximum Gasteiger partial charge on any atom is 0.416 e. The fourth-order valence-electron chi connectivity index (χ4n) is 3.59. The molecule has 0 radical (unpaired) electrons. The van der Waals surface area contributed by atoms with E-state index in [2.05, 4.69) is 4.72 Å². The number of hydrogen-bond donors (Lipinski definition) is 2. The number of carboxylic acid groups (broad SMARTS) is 1. The fraction of sp³-hybridized carbons (Fsp3) is 0.350. The summed E-state index contributed by atoms with van der Waals surface area (Å²) in [5.41, 5.74) is -3.27. The van der Waals surface area contributed by atoms with E-state index >= 15 is 0 Å². The Labute approximate surface area is 188 Å². The average Bonchev–Trinajstić information content (AvgIpc) is 2.71. The first-order valence-corrected chi connectivity index (χ1v) is 11.1. The molecule has 0 spiro atoms. The third-order valence-electron chi connectivity index (χ3n) is 5.05. The summed E-state index contributed by atoms with van der Waals surface area (Å²) in [6.07, 6.45) is -9.94. The molecule has 0 saturated heterocycles. The van der Waals surface area contributed by atoms with Crippen LogP contribution >= 0.6 is 0 Å². The number of carbonyl (C=O) groups is 1. The lowest BCUT2D eigenvalue weighted by molar-refractivity contribution is -0.143. The second-order valence-corrected chi connectivity index (χ2v) is 9.15. The Morgan fingerprint density at radius 2 is 1.65 bits per heavy atom. The van der Waals surface area contributed by atoms with Gasteiger partial charge in [-0.25, -0.2) is 22.3 Å². The van der Waals surface area contributed by atoms with Crippen LogP contribution in [0.4, 0.5) is 30.7 Å². The molecule has 186 valence electrons. The van der Waals surface area contributed by atoms with Crippen LogP contribution in [0.5, 0.6) is 5.75 Å². The molecule has 2 aromatic carbocycles. The SMILES string of the molecule is O=C(O)COc1c(F)ccc2c1CCCC2NS(=O)(=O)c1cc(C(F)(F)F)cc(C(F)(F)F)c1. The van der Waals surface area contributed by atoms with Crippen molar-refractivity contribution < 1.29 is 53.8 Å². The second-order valence-electron chi connectivity index (χ2n) is 7.43. The Balaban J connectivity index is 2.02. The topological polar surface area (TPSA) is 92.7 Å². The molecule has 0 amide bonds. The van der Waals surface area contributed by atoms with Crippen molar-refractivity contribution in [2.75, 3.05) is 6.61 Å². The van der Waals surface area contributed by atoms with Gasteiger partial charge in [0.25, 0.3) is 0 Å². The van der Waals surface area contributed by atoms with Crippen molar-refractivity contribution in [3.05, 3.63) is 58.4 Å². The Hall–Kier alpha value is -2.87. The monoisotopic (exact) mass is 515 g/mol. The van der Waals surface area contributed by atoms with Crippen molar-refractivity contribution >= 4 is 16.0 Å². The molecule has 2 N–H and O–H groups in total. The lowest BCUT2D eigenvalue weighted by Gasteiger charge is -2.28. The molecular weight excluding hydrogens is 499 g/mol. The number of hydrogen-bond acceptors (Lipinski definition) is 4. The van der Waals surface area contributed by atoms with E-state index in [0.717, 1.165) is 6.07 Å². The number of nitrogens with one attached hydrogen (secondary N) is 1. The summed E-state index contributed by atoms with van der Waals surface area (Å²) in [6.45, 7) is -0.881. The van der Waals surface area contributed by atoms with Gasteiger partial charge in [0.15, 0.2) is 18.2 Å². The summed E-state index contributed by atoms with van der Waals surface area (Å²) >= 11 is 0. The summed E-state index contributed by atoms with van der Waals surface area (Å²) in [7, 11) is -4.90. The number of benzene rings is 2. The summed E-state index contributed by atoms with van der Waals surface area (Å²) in [6, 6.07) is 0.947. The van der Waals surface area contributed by atoms with Gasteiger partial charge >= 0.3 is 18.3 Å². The first-order chi connectivity index (χ1) is 15.6. The minimum absolute atomic E-state index is 0.0906. The lowest BCUT2D eigenvalue weighted by atomic mass is 9.87. The molecule has 1 aliphatic rings. The van der Waals surface area contributed by atoms with E-state index in [0.29, 0.717) is 0 Å². The van der Waals surface area contributed by atoms with Gasteiger partial charge in [0.2, 0.25) is 10.0 Å². The molecule has 1 atom stereocenters. The quantitative estimate of drug-likeness (QED) is 0.545. The maximum atomic E-state index is 14.2. The molecule has 3 rings (SSSR count). The molecule has 0 bridgehead atoms. The zero-order valence-electron chi connectivity index (χ0n) is 16.9. The molecule has 0 fully saturated rings. The van der Waals surface area contributed by atoms with E-state index in [9.17, 15) is 43.9 Å². The van der Waals surface area contributed by atoms with Gasteiger partial charge in [-0.05, 0) is 49.1 Å². The average molecular weight is 515 g/mol. The standard InChI is InChI=1S/C20H16F7NO5S/c21-15-5-4-13-14(18(15)33-9-17(29)30)2-1-3-16(13)28-34(31,32)12-7-10(19(22,23)24)6-11(8-12)20(25,26)27/h4-8,16,28H,1-3,9H2,(H,29,30). The third-order valence-corrected chi connectivity index (χ3v) is 6.50. The molecular formula is C20H16F7NO5S. The highest BCUT2D eigenvalue weighted by molar-refractivity contribution is 7.89. The zero-order valence-corrected chi connectivity index (χ0v) is 17.7. The smallest absolute Gasteiger partial charge is 0.416 e. The largest absolute Gasteiger partial charge is 0.479 e. The predicted octanol–water partition coefficient (Wildman–Crippen LogP) is 4.68. The van der Waals surface area contributed by atoms with Crippen LogP contribution in [0.1, 0.15) is 41.1 Å². The van der Waals surface area contributed by atoms with E-state index in [1.807, 2.05) is 0 Å². The lowest BCUT2D eigenvalue weighted by Crippen LogP contribution is -2.32. The van der Waals surface area contributed by atoms with Crippen molar-refractivity contribution in [3.63, 3.8) is 0 Å². The minimum Gasteiger partial charge on any atom is -0.479 e. The number of aliphatic carboxylic acids is 1. The van der Waals surface area contributed by atoms with Gasteiger partial charge in [0.05, 0.1) is 16.0 Å². The number of ether oxygens (including phenoxy) is 1. The number of halogens is 7. The van der Waals surface area contributed by atoms with E-state index in [4.69, 9.17) is 9.84 Å². The van der Waals surface area contributed by atoms with E-state index in [1.165, 1.54) is 6.07 Å². The van der Waals surface area contributed by atoms with Gasteiger partial charge < -0.3 is 9.84 Å². The summed E-state index contributed by atoms with van der Waals surface area (Å²) in [5, 5.41) is 8.76. The molecule has 1 aliphatic carbocycles. The molecule has 14 heteroatoms. The number of fused-ring (bicyclic) bond motifs is 1. The molecule has 0 aromatic heterocycles. The van der Waals surface area contributed by atoms with Crippen LogP contribution in [0.3, 0.4) is 0 Å². The van der Waals surface area contributed by atoms with Crippen LogP contribution in [0.2, 0.25) is 0 Å². The normalized spacial score (nSPS) is 16.7. The van der Waals surface area contributed by atoms with Gasteiger partial charge in [0.1, 0.15) is 0 Å². The Kier molecular flexibility index (Phi) is 6.86. The Morgan fingerprint density at radius 3 is 2.18 bits per heavy atom. The molecule has 34 heavy (non-hydrogen) atoms. The van der Waals surface area contributed by atoms with E-state index in [-0.39, 0.29) is 48.6 Å². The van der Waals surface area contributed by atoms with Crippen LogP contribution < -0.4 is 9.46 Å². The van der Waals surface area contributed by atoms with E-state index in [1.54, 1.807) is 0 Å². The zero-order chi connectivity index (χ0) is 25.5. The molecule has 0 heterocycles. The molecule has 1 unspecified atom stereocenters. The molecule has 0 aliphatic heterocycles. The first kappa shape index (κ1) is 25.7. The van der Waals surface area contributed by atoms with Crippen LogP contribution in [0.25, 0.3) is 0 Å². The highest BCUT2D eigenvalue weighted by Crippen LogP contribution is 2.40. The van der Waals surface area contributed by atoms with Gasteiger partial charge in [-0.2, -0.15) is 26.3 Å². The van der Waals surface area contributed by atoms with Gasteiger partial charge in [-0.1, -0.05) is 6.07 Å². The van der Waals surface area contributed by atoms with E-state index < -0.39 is 68.6 Å². The number of alkyl halides is 6. The molecule has 0 saturated carbocycles. The van der Waals surface area contributed by atoms with Crippen LogP contribution in [0.15, 0.2) is 35.2 Å². The number of carboxylic acids is 1. The fourth-order valence-corrected chi connectivity index (χ4v) is 4.91. The summed E-state index contributed by atoms with van der Waals surface area (Å²) in [4.78, 5) is 9.51. The van der Waals surface area contributed by atoms with Crippen molar-refractivity contribution in [1.29, 1.82) is 0 Å². The van der Waals surface area contributed by atoms with Gasteiger partial charge in [-0.15, -0.1) is 0 Å². The van der Waals surface area contributed by atoms with Crippen molar-refractivity contribution in [2.45, 2.75) is 42.6 Å². The highest BCUT2D eigenvalue weighted by Gasteiger charge is 2.39. The summed E-state index contributed by atoms with van der Waals surface area (Å²) in [5.74, 6) is -2.71. The second kappa shape index (κ2) is 9.06. The predicted molar refractivity (Wildman–Crippen MR) is 102 cm³/mol. The minimum atomic E-state index is -5.24. The van der Waals surface area contributed by atoms with Crippen molar-refractivity contribution in [2.24, 2.45) is 0 Å². The first-order valence-electron chi connectivity index (χ1n) is 9.57. The molecule has 6 nitrogen and oxygen atoms in total. The summed E-state index contributed by atoms with van der Waals surface area (Å²) < 4.78 is 126.